The molecule has 0 unspecified atom stereocenters. The Kier molecular flexibility index (Phi) is 6.80. The molecule has 0 aliphatic carbocycles. The van der Waals surface area contributed by atoms with Crippen molar-refractivity contribution in [3.63, 3.8) is 0 Å². The first-order valence-electron chi connectivity index (χ1n) is 10.4. The summed E-state index contributed by atoms with van der Waals surface area (Å²) in [5, 5.41) is 6.56. The van der Waals surface area contributed by atoms with Crippen molar-refractivity contribution in [1.29, 1.82) is 0 Å². The van der Waals surface area contributed by atoms with Gasteiger partial charge in [0.15, 0.2) is 23.9 Å². The third kappa shape index (κ3) is 5.65. The molecule has 12 heteroatoms. The fourth-order valence-electron chi connectivity index (χ4n) is 3.25. The van der Waals surface area contributed by atoms with Gasteiger partial charge >= 0.3 is 12.1 Å². The number of amides is 1. The number of halogens is 3. The average molecular weight is 491 g/mol. The van der Waals surface area contributed by atoms with Gasteiger partial charge in [-0.1, -0.05) is 18.2 Å². The molecule has 35 heavy (non-hydrogen) atoms. The first-order valence-corrected chi connectivity index (χ1v) is 10.4. The van der Waals surface area contributed by atoms with Crippen molar-refractivity contribution in [2.45, 2.75) is 12.3 Å². The molecule has 0 spiro atoms. The van der Waals surface area contributed by atoms with E-state index in [0.717, 1.165) is 16.8 Å². The summed E-state index contributed by atoms with van der Waals surface area (Å²) in [6.45, 7) is -0.248. The van der Waals surface area contributed by atoms with Gasteiger partial charge in [0.1, 0.15) is 12.7 Å². The number of nitrogens with zero attached hydrogens (tertiary/aromatic N) is 2. The molecule has 3 aromatic rings. The second kappa shape index (κ2) is 9.95. The highest BCUT2D eigenvalue weighted by Crippen LogP contribution is 2.31. The molecule has 2 aromatic carbocycles. The van der Waals surface area contributed by atoms with Gasteiger partial charge in [-0.15, -0.1) is 0 Å². The number of fused-ring (bicyclic) bond motifs is 1. The molecule has 1 aromatic heterocycles. The maximum absolute atomic E-state index is 13.0. The van der Waals surface area contributed by atoms with Crippen LogP contribution in [-0.2, 0) is 15.7 Å². The van der Waals surface area contributed by atoms with Crippen LogP contribution in [0.4, 0.5) is 13.2 Å². The topological polar surface area (TPSA) is 101 Å². The Morgan fingerprint density at radius 2 is 1.94 bits per heavy atom. The molecule has 1 amide bonds. The quantitative estimate of drug-likeness (QED) is 0.507. The van der Waals surface area contributed by atoms with Crippen molar-refractivity contribution in [2.75, 3.05) is 26.9 Å². The minimum Gasteiger partial charge on any atom is -0.493 e. The average Bonchev–Trinajstić information content (AvgIpc) is 3.30. The largest absolute Gasteiger partial charge is 0.493 e. The summed E-state index contributed by atoms with van der Waals surface area (Å²) in [4.78, 5) is 24.6. The van der Waals surface area contributed by atoms with Crippen LogP contribution in [-0.4, -0.2) is 54.6 Å². The van der Waals surface area contributed by atoms with E-state index in [9.17, 15) is 22.8 Å². The lowest BCUT2D eigenvalue weighted by atomic mass is 10.2. The molecule has 2 heterocycles. The number of carbonyl (C=O) groups excluding carboxylic acids is 2. The molecule has 1 N–H and O–H groups in total. The van der Waals surface area contributed by atoms with Crippen LogP contribution in [0.2, 0.25) is 0 Å². The van der Waals surface area contributed by atoms with Crippen LogP contribution in [0.15, 0.2) is 54.7 Å². The highest BCUT2D eigenvalue weighted by atomic mass is 19.4. The molecule has 1 aliphatic rings. The Labute approximate surface area is 197 Å². The number of aromatic nitrogens is 2. The van der Waals surface area contributed by atoms with E-state index in [-0.39, 0.29) is 30.3 Å². The lowest BCUT2D eigenvalue weighted by molar-refractivity contribution is -0.137. The second-order valence-electron chi connectivity index (χ2n) is 7.42. The van der Waals surface area contributed by atoms with E-state index in [1.54, 1.807) is 18.2 Å². The van der Waals surface area contributed by atoms with Crippen LogP contribution in [0.3, 0.4) is 0 Å². The summed E-state index contributed by atoms with van der Waals surface area (Å²) in [6.07, 6.45) is -3.72. The molecule has 1 aliphatic heterocycles. The molecule has 0 bridgehead atoms. The van der Waals surface area contributed by atoms with E-state index < -0.39 is 36.3 Å². The zero-order valence-corrected chi connectivity index (χ0v) is 18.4. The number of esters is 1. The predicted octanol–water partition coefficient (Wildman–Crippen LogP) is 3.01. The lowest BCUT2D eigenvalue weighted by Crippen LogP contribution is -2.42. The maximum atomic E-state index is 13.0. The van der Waals surface area contributed by atoms with Crippen LogP contribution < -0.4 is 19.5 Å². The van der Waals surface area contributed by atoms with Crippen LogP contribution in [0.5, 0.6) is 17.2 Å². The van der Waals surface area contributed by atoms with Gasteiger partial charge in [0, 0.05) is 0 Å². The molecular weight excluding hydrogens is 471 g/mol. The van der Waals surface area contributed by atoms with Crippen LogP contribution in [0.1, 0.15) is 16.1 Å². The van der Waals surface area contributed by atoms with Gasteiger partial charge in [-0.05, 0) is 30.3 Å². The third-order valence-electron chi connectivity index (χ3n) is 4.96. The van der Waals surface area contributed by atoms with E-state index in [2.05, 4.69) is 10.4 Å². The van der Waals surface area contributed by atoms with Crippen LogP contribution >= 0.6 is 0 Å². The number of hydrogen-bond acceptors (Lipinski definition) is 7. The third-order valence-corrected chi connectivity index (χ3v) is 4.96. The van der Waals surface area contributed by atoms with Gasteiger partial charge < -0.3 is 24.3 Å². The Hall–Kier alpha value is -4.22. The Balaban J connectivity index is 1.33. The van der Waals surface area contributed by atoms with Crippen LogP contribution in [0.25, 0.3) is 5.69 Å². The number of rotatable bonds is 7. The van der Waals surface area contributed by atoms with Crippen molar-refractivity contribution in [1.82, 2.24) is 15.1 Å². The molecule has 0 radical (unpaired) electrons. The fourth-order valence-corrected chi connectivity index (χ4v) is 3.25. The smallest absolute Gasteiger partial charge is 0.416 e. The number of hydrogen-bond donors (Lipinski definition) is 1. The standard InChI is InChI=1S/C23H20F3N3O6/c1-32-19-11-29(15-6-4-5-14(9-15)23(24,25)26)28-21(19)22(31)34-13-20(30)27-10-16-12-33-17-7-2-3-8-18(17)35-16/h2-9,11,16H,10,12-13H2,1H3,(H,27,30)/t16-/m0/s1. The van der Waals surface area contributed by atoms with E-state index in [1.807, 2.05) is 6.07 Å². The van der Waals surface area contributed by atoms with Gasteiger partial charge in [-0.2, -0.15) is 18.3 Å². The highest BCUT2D eigenvalue weighted by molar-refractivity contribution is 5.92. The molecule has 0 saturated carbocycles. The molecule has 0 fully saturated rings. The number of nitrogens with one attached hydrogen (secondary N) is 1. The van der Waals surface area contributed by atoms with Crippen molar-refractivity contribution < 1.29 is 41.7 Å². The summed E-state index contributed by atoms with van der Waals surface area (Å²) in [5.41, 5.74) is -1.11. The summed E-state index contributed by atoms with van der Waals surface area (Å²) in [6, 6.07) is 11.5. The van der Waals surface area contributed by atoms with Gasteiger partial charge in [0.2, 0.25) is 5.69 Å². The Bertz CT molecular complexity index is 1230. The monoisotopic (exact) mass is 491 g/mol. The summed E-state index contributed by atoms with van der Waals surface area (Å²) < 4.78 is 61.5. The number of alkyl halides is 3. The number of ether oxygens (including phenoxy) is 4. The van der Waals surface area contributed by atoms with Crippen molar-refractivity contribution in [3.05, 3.63) is 66.0 Å². The molecule has 9 nitrogen and oxygen atoms in total. The van der Waals surface area contributed by atoms with Crippen molar-refractivity contribution in [3.8, 4) is 22.9 Å². The minimum atomic E-state index is -4.54. The summed E-state index contributed by atoms with van der Waals surface area (Å²) in [5.74, 6) is -0.416. The van der Waals surface area contributed by atoms with Gasteiger partial charge in [-0.25, -0.2) is 9.48 Å². The Morgan fingerprint density at radius 1 is 1.17 bits per heavy atom. The van der Waals surface area contributed by atoms with Gasteiger partial charge in [0.25, 0.3) is 5.91 Å². The first kappa shape index (κ1) is 23.9. The SMILES string of the molecule is COc1cn(-c2cccc(C(F)(F)F)c2)nc1C(=O)OCC(=O)NC[C@H]1COc2ccccc2O1. The normalized spacial score (nSPS) is 14.8. The fraction of sp³-hybridized carbons (Fsp3) is 0.261. The molecule has 0 saturated heterocycles. The molecular formula is C23H20F3N3O6. The molecule has 4 rings (SSSR count). The zero-order chi connectivity index (χ0) is 25.0. The Morgan fingerprint density at radius 3 is 2.69 bits per heavy atom. The molecule has 184 valence electrons. The van der Waals surface area contributed by atoms with Gasteiger partial charge in [-0.3, -0.25) is 4.79 Å². The van der Waals surface area contributed by atoms with Crippen molar-refractivity contribution >= 4 is 11.9 Å². The van der Waals surface area contributed by atoms with E-state index >= 15 is 0 Å². The number of para-hydroxylation sites is 2. The molecule has 1 atom stereocenters. The van der Waals surface area contributed by atoms with E-state index in [0.29, 0.717) is 11.5 Å². The predicted molar refractivity (Wildman–Crippen MR) is 115 cm³/mol. The van der Waals surface area contributed by atoms with Crippen molar-refractivity contribution in [2.24, 2.45) is 0 Å². The summed E-state index contributed by atoms with van der Waals surface area (Å²) >= 11 is 0. The zero-order valence-electron chi connectivity index (χ0n) is 18.4. The minimum absolute atomic E-state index is 0.0285. The van der Waals surface area contributed by atoms with E-state index in [4.69, 9.17) is 18.9 Å². The number of methoxy groups -OCH3 is 1. The van der Waals surface area contributed by atoms with Gasteiger partial charge in [0.05, 0.1) is 31.1 Å². The first-order chi connectivity index (χ1) is 16.7. The van der Waals surface area contributed by atoms with Crippen LogP contribution in [0, 0.1) is 0 Å². The lowest BCUT2D eigenvalue weighted by Gasteiger charge is -2.26. The van der Waals surface area contributed by atoms with E-state index in [1.165, 1.54) is 25.4 Å². The number of benzene rings is 2. The maximum Gasteiger partial charge on any atom is 0.416 e. The highest BCUT2D eigenvalue weighted by Gasteiger charge is 2.31. The summed E-state index contributed by atoms with van der Waals surface area (Å²) in [7, 11) is 1.27. The second-order valence-corrected chi connectivity index (χ2v) is 7.42. The number of carbonyl (C=O) groups is 2.